The first-order valence-electron chi connectivity index (χ1n) is 5.42. The van der Waals surface area contributed by atoms with Crippen molar-refractivity contribution in [3.05, 3.63) is 0 Å². The monoisotopic (exact) mass is 244 g/mol. The van der Waals surface area contributed by atoms with Gasteiger partial charge in [0.25, 0.3) is 0 Å². The summed E-state index contributed by atoms with van der Waals surface area (Å²) >= 11 is 0. The number of ether oxygens (including phenoxy) is 1. The predicted molar refractivity (Wildman–Crippen MR) is 57.0 cm³/mol. The number of rotatable bonds is 6. The predicted octanol–water partition coefficient (Wildman–Crippen LogP) is -1.000. The van der Waals surface area contributed by atoms with Crippen molar-refractivity contribution in [1.29, 1.82) is 0 Å². The highest BCUT2D eigenvalue weighted by Crippen LogP contribution is 2.07. The van der Waals surface area contributed by atoms with Crippen LogP contribution in [0.15, 0.2) is 0 Å². The number of hydrogen-bond donors (Lipinski definition) is 3. The van der Waals surface area contributed by atoms with Crippen LogP contribution in [0.1, 0.15) is 25.7 Å². The zero-order chi connectivity index (χ0) is 12.8. The largest absolute Gasteiger partial charge is 0.480 e. The molecule has 7 nitrogen and oxygen atoms in total. The molecule has 0 bridgehead atoms. The van der Waals surface area contributed by atoms with Gasteiger partial charge in [0.2, 0.25) is 5.91 Å². The van der Waals surface area contributed by atoms with Crippen LogP contribution >= 0.6 is 0 Å². The molecular weight excluding hydrogens is 228 g/mol. The molecule has 0 aliphatic carbocycles. The van der Waals surface area contributed by atoms with E-state index in [1.807, 2.05) is 0 Å². The molecule has 0 aromatic carbocycles. The molecule has 1 rings (SSSR count). The SMILES string of the molecule is N[C@@H](CCC(=O)OC[C@@H]1CCC(=O)N1)C(=O)O. The Hall–Kier alpha value is -1.63. The summed E-state index contributed by atoms with van der Waals surface area (Å²) in [6.45, 7) is 0.132. The van der Waals surface area contributed by atoms with Crippen LogP contribution < -0.4 is 11.1 Å². The average molecular weight is 244 g/mol. The summed E-state index contributed by atoms with van der Waals surface area (Å²) in [7, 11) is 0. The molecule has 0 saturated carbocycles. The van der Waals surface area contributed by atoms with Crippen molar-refractivity contribution in [3.63, 3.8) is 0 Å². The first-order valence-corrected chi connectivity index (χ1v) is 5.42. The molecule has 0 unspecified atom stereocenters. The van der Waals surface area contributed by atoms with Gasteiger partial charge in [-0.2, -0.15) is 0 Å². The molecule has 2 atom stereocenters. The third kappa shape index (κ3) is 4.81. The molecular formula is C10H16N2O5. The highest BCUT2D eigenvalue weighted by Gasteiger charge is 2.22. The normalized spacial score (nSPS) is 20.8. The maximum Gasteiger partial charge on any atom is 0.320 e. The number of carbonyl (C=O) groups excluding carboxylic acids is 2. The second kappa shape index (κ2) is 6.19. The zero-order valence-electron chi connectivity index (χ0n) is 9.35. The molecule has 17 heavy (non-hydrogen) atoms. The maximum absolute atomic E-state index is 11.2. The summed E-state index contributed by atoms with van der Waals surface area (Å²) < 4.78 is 4.90. The average Bonchev–Trinajstić information content (AvgIpc) is 2.69. The number of amides is 1. The Morgan fingerprint density at radius 3 is 2.82 bits per heavy atom. The van der Waals surface area contributed by atoms with E-state index in [2.05, 4.69) is 5.32 Å². The highest BCUT2D eigenvalue weighted by molar-refractivity contribution is 5.78. The van der Waals surface area contributed by atoms with Crippen LogP contribution in [-0.4, -0.2) is 41.6 Å². The lowest BCUT2D eigenvalue weighted by molar-refractivity contribution is -0.145. The fourth-order valence-electron chi connectivity index (χ4n) is 1.46. The smallest absolute Gasteiger partial charge is 0.320 e. The maximum atomic E-state index is 11.2. The molecule has 1 amide bonds. The van der Waals surface area contributed by atoms with Gasteiger partial charge in [-0.1, -0.05) is 0 Å². The Bertz CT molecular complexity index is 318. The molecule has 1 aliphatic heterocycles. The van der Waals surface area contributed by atoms with E-state index in [4.69, 9.17) is 15.6 Å². The first kappa shape index (κ1) is 13.4. The number of esters is 1. The number of hydrogen-bond acceptors (Lipinski definition) is 5. The second-order valence-electron chi connectivity index (χ2n) is 3.97. The summed E-state index contributed by atoms with van der Waals surface area (Å²) in [5.41, 5.74) is 5.24. The molecule has 7 heteroatoms. The highest BCUT2D eigenvalue weighted by atomic mass is 16.5. The van der Waals surface area contributed by atoms with Gasteiger partial charge in [-0.3, -0.25) is 14.4 Å². The number of nitrogens with one attached hydrogen (secondary N) is 1. The van der Waals surface area contributed by atoms with E-state index < -0.39 is 18.0 Å². The lowest BCUT2D eigenvalue weighted by Gasteiger charge is -2.11. The van der Waals surface area contributed by atoms with E-state index in [1.54, 1.807) is 0 Å². The quantitative estimate of drug-likeness (QED) is 0.516. The van der Waals surface area contributed by atoms with Crippen LogP contribution in [0.2, 0.25) is 0 Å². The van der Waals surface area contributed by atoms with Gasteiger partial charge in [-0.25, -0.2) is 0 Å². The Balaban J connectivity index is 2.13. The summed E-state index contributed by atoms with van der Waals surface area (Å²) in [5.74, 6) is -1.68. The van der Waals surface area contributed by atoms with E-state index >= 15 is 0 Å². The van der Waals surface area contributed by atoms with Crippen molar-refractivity contribution < 1.29 is 24.2 Å². The number of nitrogens with two attached hydrogens (primary N) is 1. The van der Waals surface area contributed by atoms with E-state index in [-0.39, 0.29) is 31.4 Å². The van der Waals surface area contributed by atoms with Gasteiger partial charge in [0.1, 0.15) is 12.6 Å². The van der Waals surface area contributed by atoms with Crippen molar-refractivity contribution in [3.8, 4) is 0 Å². The van der Waals surface area contributed by atoms with Crippen molar-refractivity contribution >= 4 is 17.8 Å². The minimum atomic E-state index is -1.14. The minimum absolute atomic E-state index is 0.0336. The van der Waals surface area contributed by atoms with Gasteiger partial charge < -0.3 is 20.9 Å². The molecule has 1 fully saturated rings. The van der Waals surface area contributed by atoms with Crippen molar-refractivity contribution in [2.24, 2.45) is 5.73 Å². The summed E-state index contributed by atoms with van der Waals surface area (Å²) in [6.07, 6.45) is 1.12. The van der Waals surface area contributed by atoms with Crippen molar-refractivity contribution in [1.82, 2.24) is 5.32 Å². The van der Waals surface area contributed by atoms with Gasteiger partial charge in [-0.05, 0) is 12.8 Å². The second-order valence-corrected chi connectivity index (χ2v) is 3.97. The molecule has 0 aromatic rings. The molecule has 0 spiro atoms. The molecule has 96 valence electrons. The van der Waals surface area contributed by atoms with Gasteiger partial charge in [-0.15, -0.1) is 0 Å². The van der Waals surface area contributed by atoms with Crippen molar-refractivity contribution in [2.45, 2.75) is 37.8 Å². The van der Waals surface area contributed by atoms with Crippen LogP contribution in [-0.2, 0) is 19.1 Å². The van der Waals surface area contributed by atoms with Gasteiger partial charge in [0.05, 0.1) is 6.04 Å². The molecule has 1 aliphatic rings. The standard InChI is InChI=1S/C10H16N2O5/c11-7(10(15)16)2-4-9(14)17-5-6-1-3-8(13)12-6/h6-7H,1-5,11H2,(H,12,13)(H,15,16)/t6-,7-/m0/s1. The fourth-order valence-corrected chi connectivity index (χ4v) is 1.46. The third-order valence-electron chi connectivity index (χ3n) is 2.51. The Morgan fingerprint density at radius 1 is 1.59 bits per heavy atom. The molecule has 1 saturated heterocycles. The van der Waals surface area contributed by atoms with E-state index in [1.165, 1.54) is 0 Å². The minimum Gasteiger partial charge on any atom is -0.480 e. The van der Waals surface area contributed by atoms with Crippen LogP contribution in [0, 0.1) is 0 Å². The summed E-state index contributed by atoms with van der Waals surface area (Å²) in [4.78, 5) is 32.5. The number of carboxylic acids is 1. The topological polar surface area (TPSA) is 119 Å². The fraction of sp³-hybridized carbons (Fsp3) is 0.700. The van der Waals surface area contributed by atoms with Gasteiger partial charge in [0, 0.05) is 12.8 Å². The van der Waals surface area contributed by atoms with Gasteiger partial charge >= 0.3 is 11.9 Å². The Morgan fingerprint density at radius 2 is 2.29 bits per heavy atom. The Kier molecular flexibility index (Phi) is 4.89. The van der Waals surface area contributed by atoms with E-state index in [0.29, 0.717) is 12.8 Å². The van der Waals surface area contributed by atoms with Gasteiger partial charge in [0.15, 0.2) is 0 Å². The van der Waals surface area contributed by atoms with Crippen molar-refractivity contribution in [2.75, 3.05) is 6.61 Å². The lowest BCUT2D eigenvalue weighted by Crippen LogP contribution is -2.32. The van der Waals surface area contributed by atoms with E-state index in [9.17, 15) is 14.4 Å². The zero-order valence-corrected chi connectivity index (χ0v) is 9.35. The molecule has 1 heterocycles. The van der Waals surface area contributed by atoms with E-state index in [0.717, 1.165) is 0 Å². The lowest BCUT2D eigenvalue weighted by atomic mass is 10.2. The number of carboxylic acid groups (broad SMARTS) is 1. The Labute approximate surface area is 98.3 Å². The van der Waals surface area contributed by atoms with Crippen LogP contribution in [0.25, 0.3) is 0 Å². The molecule has 0 aromatic heterocycles. The summed E-state index contributed by atoms with van der Waals surface area (Å²) in [5, 5.41) is 11.2. The first-order chi connectivity index (χ1) is 7.99. The van der Waals surface area contributed by atoms with Crippen LogP contribution in [0.5, 0.6) is 0 Å². The van der Waals surface area contributed by atoms with Crippen LogP contribution in [0.3, 0.4) is 0 Å². The number of carbonyl (C=O) groups is 3. The molecule has 0 radical (unpaired) electrons. The molecule has 4 N–H and O–H groups in total. The number of aliphatic carboxylic acids is 1. The summed E-state index contributed by atoms with van der Waals surface area (Å²) in [6, 6.07) is -1.17. The van der Waals surface area contributed by atoms with Crippen LogP contribution in [0.4, 0.5) is 0 Å². The third-order valence-corrected chi connectivity index (χ3v) is 2.51.